The van der Waals surface area contributed by atoms with Crippen LogP contribution in [-0.4, -0.2) is 22.1 Å². The third-order valence-electron chi connectivity index (χ3n) is 3.39. The molecule has 0 saturated heterocycles. The summed E-state index contributed by atoms with van der Waals surface area (Å²) in [5.41, 5.74) is 2.21. The maximum atomic E-state index is 11.2. The molecule has 3 N–H and O–H groups in total. The molecule has 124 valence electrons. The summed E-state index contributed by atoms with van der Waals surface area (Å²) < 4.78 is 28.5. The first-order chi connectivity index (χ1) is 10.9. The van der Waals surface area contributed by atoms with Gasteiger partial charge in [-0.3, -0.25) is 0 Å². The maximum absolute atomic E-state index is 11.2. The van der Waals surface area contributed by atoms with Crippen molar-refractivity contribution in [1.29, 1.82) is 0 Å². The van der Waals surface area contributed by atoms with Gasteiger partial charge in [0.1, 0.15) is 5.75 Å². The van der Waals surface area contributed by atoms with E-state index in [2.05, 4.69) is 21.2 Å². The molecule has 0 radical (unpaired) electrons. The molecule has 2 aromatic carbocycles. The second kappa shape index (κ2) is 7.92. The van der Waals surface area contributed by atoms with Crippen molar-refractivity contribution in [3.05, 3.63) is 58.1 Å². The molecule has 0 bridgehead atoms. The highest BCUT2D eigenvalue weighted by molar-refractivity contribution is 9.10. The fourth-order valence-electron chi connectivity index (χ4n) is 2.13. The topological polar surface area (TPSA) is 81.4 Å². The summed E-state index contributed by atoms with van der Waals surface area (Å²) in [5, 5.41) is 8.43. The van der Waals surface area contributed by atoms with E-state index < -0.39 is 10.0 Å². The normalized spacial score (nSPS) is 11.4. The van der Waals surface area contributed by atoms with E-state index >= 15 is 0 Å². The van der Waals surface area contributed by atoms with Crippen LogP contribution in [0, 0.1) is 0 Å². The fraction of sp³-hybridized carbons (Fsp3) is 0.250. The Morgan fingerprint density at radius 1 is 1.13 bits per heavy atom. The first-order valence-electron chi connectivity index (χ1n) is 7.05. The Hall–Kier alpha value is -1.41. The molecule has 0 heterocycles. The van der Waals surface area contributed by atoms with Gasteiger partial charge in [-0.25, -0.2) is 13.6 Å². The van der Waals surface area contributed by atoms with Crippen LogP contribution in [0.3, 0.4) is 0 Å². The minimum atomic E-state index is -3.62. The molecule has 23 heavy (non-hydrogen) atoms. The Balaban J connectivity index is 1.82. The molecule has 0 atom stereocenters. The average molecular weight is 399 g/mol. The molecule has 0 amide bonds. The van der Waals surface area contributed by atoms with E-state index in [-0.39, 0.29) is 4.90 Å². The zero-order chi connectivity index (χ0) is 16.9. The Morgan fingerprint density at radius 3 is 2.35 bits per heavy atom. The standard InChI is InChI=1S/C16H19BrN2O3S/c1-22-16-7-4-13(10-15(16)17)11-19-9-8-12-2-5-14(6-3-12)23(18,20)21/h2-7,10,19H,8-9,11H2,1H3,(H2,18,20,21). The van der Waals surface area contributed by atoms with Crippen molar-refractivity contribution in [3.8, 4) is 5.75 Å². The third kappa shape index (κ3) is 5.31. The zero-order valence-electron chi connectivity index (χ0n) is 12.8. The first kappa shape index (κ1) is 17.9. The lowest BCUT2D eigenvalue weighted by atomic mass is 10.1. The molecule has 0 aliphatic rings. The van der Waals surface area contributed by atoms with Crippen molar-refractivity contribution in [2.75, 3.05) is 13.7 Å². The highest BCUT2D eigenvalue weighted by Gasteiger charge is 2.06. The molecule has 0 aliphatic heterocycles. The van der Waals surface area contributed by atoms with E-state index in [1.807, 2.05) is 18.2 Å². The van der Waals surface area contributed by atoms with Crippen LogP contribution in [-0.2, 0) is 23.0 Å². The van der Waals surface area contributed by atoms with Gasteiger partial charge < -0.3 is 10.1 Å². The average Bonchev–Trinajstić information content (AvgIpc) is 2.51. The number of sulfonamides is 1. The van der Waals surface area contributed by atoms with Crippen LogP contribution in [0.25, 0.3) is 0 Å². The van der Waals surface area contributed by atoms with Gasteiger partial charge >= 0.3 is 0 Å². The Labute approximate surface area is 145 Å². The first-order valence-corrected chi connectivity index (χ1v) is 9.39. The van der Waals surface area contributed by atoms with Crippen LogP contribution in [0.2, 0.25) is 0 Å². The van der Waals surface area contributed by atoms with Gasteiger partial charge in [0.15, 0.2) is 0 Å². The van der Waals surface area contributed by atoms with Gasteiger partial charge in [0, 0.05) is 6.54 Å². The van der Waals surface area contributed by atoms with E-state index in [0.717, 1.165) is 40.9 Å². The van der Waals surface area contributed by atoms with E-state index in [1.54, 1.807) is 19.2 Å². The minimum absolute atomic E-state index is 0.136. The number of ether oxygens (including phenoxy) is 1. The number of nitrogens with two attached hydrogens (primary N) is 1. The predicted octanol–water partition coefficient (Wildman–Crippen LogP) is 2.44. The lowest BCUT2D eigenvalue weighted by Crippen LogP contribution is -2.17. The van der Waals surface area contributed by atoms with E-state index in [4.69, 9.17) is 9.88 Å². The van der Waals surface area contributed by atoms with Crippen molar-refractivity contribution in [1.82, 2.24) is 5.32 Å². The fourth-order valence-corrected chi connectivity index (χ4v) is 3.23. The second-order valence-electron chi connectivity index (χ2n) is 5.08. The quantitative estimate of drug-likeness (QED) is 0.701. The summed E-state index contributed by atoms with van der Waals surface area (Å²) in [6.07, 6.45) is 0.808. The maximum Gasteiger partial charge on any atom is 0.238 e. The summed E-state index contributed by atoms with van der Waals surface area (Å²) in [4.78, 5) is 0.136. The predicted molar refractivity (Wildman–Crippen MR) is 93.9 cm³/mol. The summed E-state index contributed by atoms with van der Waals surface area (Å²) >= 11 is 3.46. The number of nitrogens with one attached hydrogen (secondary N) is 1. The summed E-state index contributed by atoms with van der Waals surface area (Å²) in [5.74, 6) is 0.809. The Morgan fingerprint density at radius 2 is 1.78 bits per heavy atom. The van der Waals surface area contributed by atoms with Gasteiger partial charge in [-0.15, -0.1) is 0 Å². The highest BCUT2D eigenvalue weighted by atomic mass is 79.9. The van der Waals surface area contributed by atoms with E-state index in [9.17, 15) is 8.42 Å². The summed E-state index contributed by atoms with van der Waals surface area (Å²) in [6.45, 7) is 1.54. The Kier molecular flexibility index (Phi) is 6.17. The lowest BCUT2D eigenvalue weighted by molar-refractivity contribution is 0.412. The number of hydrogen-bond acceptors (Lipinski definition) is 4. The van der Waals surface area contributed by atoms with Gasteiger partial charge in [-0.1, -0.05) is 18.2 Å². The Bertz CT molecular complexity index is 761. The minimum Gasteiger partial charge on any atom is -0.496 e. The van der Waals surface area contributed by atoms with E-state index in [0.29, 0.717) is 0 Å². The van der Waals surface area contributed by atoms with Crippen molar-refractivity contribution in [3.63, 3.8) is 0 Å². The van der Waals surface area contributed by atoms with Crippen molar-refractivity contribution in [2.24, 2.45) is 5.14 Å². The van der Waals surface area contributed by atoms with Gasteiger partial charge in [-0.2, -0.15) is 0 Å². The number of hydrogen-bond donors (Lipinski definition) is 2. The molecule has 2 rings (SSSR count). The monoisotopic (exact) mass is 398 g/mol. The van der Waals surface area contributed by atoms with Crippen LogP contribution in [0.1, 0.15) is 11.1 Å². The van der Waals surface area contributed by atoms with Gasteiger partial charge in [0.25, 0.3) is 0 Å². The molecular formula is C16H19BrN2O3S. The number of primary sulfonamides is 1. The summed E-state index contributed by atoms with van der Waals surface area (Å²) in [6, 6.07) is 12.6. The van der Waals surface area contributed by atoms with Crippen molar-refractivity contribution < 1.29 is 13.2 Å². The molecule has 0 unspecified atom stereocenters. The van der Waals surface area contributed by atoms with Crippen LogP contribution >= 0.6 is 15.9 Å². The third-order valence-corrected chi connectivity index (χ3v) is 4.94. The number of benzene rings is 2. The van der Waals surface area contributed by atoms with Crippen molar-refractivity contribution >= 4 is 26.0 Å². The van der Waals surface area contributed by atoms with E-state index in [1.165, 1.54) is 12.1 Å². The van der Waals surface area contributed by atoms with Gasteiger partial charge in [0.2, 0.25) is 10.0 Å². The van der Waals surface area contributed by atoms with Crippen molar-refractivity contribution in [2.45, 2.75) is 17.9 Å². The molecule has 5 nitrogen and oxygen atoms in total. The highest BCUT2D eigenvalue weighted by Crippen LogP contribution is 2.25. The molecule has 0 aliphatic carbocycles. The lowest BCUT2D eigenvalue weighted by Gasteiger charge is -2.08. The molecule has 7 heteroatoms. The van der Waals surface area contributed by atoms with Gasteiger partial charge in [-0.05, 0) is 64.3 Å². The number of rotatable bonds is 7. The zero-order valence-corrected chi connectivity index (χ0v) is 15.2. The number of methoxy groups -OCH3 is 1. The smallest absolute Gasteiger partial charge is 0.238 e. The molecule has 0 spiro atoms. The molecule has 0 fully saturated rings. The van der Waals surface area contributed by atoms with Crippen LogP contribution < -0.4 is 15.2 Å². The molecular weight excluding hydrogens is 380 g/mol. The summed E-state index contributed by atoms with van der Waals surface area (Å²) in [7, 11) is -1.98. The largest absolute Gasteiger partial charge is 0.496 e. The SMILES string of the molecule is COc1ccc(CNCCc2ccc(S(N)(=O)=O)cc2)cc1Br. The second-order valence-corrected chi connectivity index (χ2v) is 7.50. The molecule has 0 aromatic heterocycles. The van der Waals surface area contributed by atoms with Crippen LogP contribution in [0.15, 0.2) is 51.8 Å². The molecule has 2 aromatic rings. The van der Waals surface area contributed by atoms with Gasteiger partial charge in [0.05, 0.1) is 16.5 Å². The van der Waals surface area contributed by atoms with Crippen LogP contribution in [0.5, 0.6) is 5.75 Å². The molecule has 0 saturated carbocycles. The number of halogens is 1. The van der Waals surface area contributed by atoms with Crippen LogP contribution in [0.4, 0.5) is 0 Å².